The van der Waals surface area contributed by atoms with Gasteiger partial charge in [-0.1, -0.05) is 15.9 Å². The van der Waals surface area contributed by atoms with Gasteiger partial charge in [0, 0.05) is 10.2 Å². The minimum atomic E-state index is -0.986. The summed E-state index contributed by atoms with van der Waals surface area (Å²) in [6, 6.07) is 8.50. The van der Waals surface area contributed by atoms with Gasteiger partial charge in [0.2, 0.25) is 0 Å². The van der Waals surface area contributed by atoms with E-state index in [0.717, 1.165) is 4.47 Å². The Morgan fingerprint density at radius 1 is 1.35 bits per heavy atom. The van der Waals surface area contributed by atoms with Crippen molar-refractivity contribution in [3.63, 3.8) is 0 Å². The molecule has 0 saturated carbocycles. The highest BCUT2D eigenvalue weighted by atomic mass is 79.9. The van der Waals surface area contributed by atoms with Gasteiger partial charge in [-0.05, 0) is 37.3 Å². The van der Waals surface area contributed by atoms with Crippen LogP contribution in [0.1, 0.15) is 16.1 Å². The molecular formula is C14H13BrN2O3. The number of aromatic carboxylic acids is 1. The number of carboxylic acid groups (broad SMARTS) is 1. The third-order valence-electron chi connectivity index (χ3n) is 2.62. The van der Waals surface area contributed by atoms with Crippen LogP contribution in [0, 0.1) is 6.92 Å². The second kappa shape index (κ2) is 5.92. The number of benzene rings is 1. The largest absolute Gasteiger partial charge is 0.495 e. The first-order valence-corrected chi connectivity index (χ1v) is 6.61. The molecule has 0 fully saturated rings. The average molecular weight is 337 g/mol. The van der Waals surface area contributed by atoms with E-state index in [4.69, 9.17) is 9.84 Å². The Morgan fingerprint density at radius 2 is 2.10 bits per heavy atom. The lowest BCUT2D eigenvalue weighted by atomic mass is 10.2. The number of hydrogen-bond donors (Lipinski definition) is 2. The van der Waals surface area contributed by atoms with Gasteiger partial charge in [-0.25, -0.2) is 9.78 Å². The number of nitrogens with zero attached hydrogens (tertiary/aromatic N) is 1. The number of nitrogens with one attached hydrogen (secondary N) is 1. The molecule has 104 valence electrons. The fourth-order valence-corrected chi connectivity index (χ4v) is 2.13. The zero-order chi connectivity index (χ0) is 14.7. The van der Waals surface area contributed by atoms with Crippen LogP contribution in [-0.4, -0.2) is 23.2 Å². The summed E-state index contributed by atoms with van der Waals surface area (Å²) in [7, 11) is 1.57. The van der Waals surface area contributed by atoms with Gasteiger partial charge < -0.3 is 15.2 Å². The molecule has 6 heteroatoms. The first-order chi connectivity index (χ1) is 9.49. The van der Waals surface area contributed by atoms with E-state index >= 15 is 0 Å². The second-order valence-corrected chi connectivity index (χ2v) is 5.07. The molecule has 0 radical (unpaired) electrons. The first-order valence-electron chi connectivity index (χ1n) is 5.82. The molecule has 1 aromatic heterocycles. The van der Waals surface area contributed by atoms with E-state index in [1.807, 2.05) is 12.1 Å². The maximum absolute atomic E-state index is 11.0. The summed E-state index contributed by atoms with van der Waals surface area (Å²) >= 11 is 3.38. The molecule has 2 aromatic rings. The number of carbonyl (C=O) groups is 1. The Morgan fingerprint density at radius 3 is 2.75 bits per heavy atom. The summed E-state index contributed by atoms with van der Waals surface area (Å²) in [4.78, 5) is 15.3. The van der Waals surface area contributed by atoms with Gasteiger partial charge in [0.05, 0.1) is 18.4 Å². The molecule has 20 heavy (non-hydrogen) atoms. The normalized spacial score (nSPS) is 10.2. The number of aryl methyl sites for hydroxylation is 1. The maximum atomic E-state index is 11.0. The van der Waals surface area contributed by atoms with Crippen LogP contribution < -0.4 is 10.1 Å². The highest BCUT2D eigenvalue weighted by molar-refractivity contribution is 9.10. The van der Waals surface area contributed by atoms with Crippen LogP contribution in [0.4, 0.5) is 11.5 Å². The number of halogens is 1. The number of rotatable bonds is 4. The lowest BCUT2D eigenvalue weighted by molar-refractivity contribution is 0.0696. The SMILES string of the molecule is COc1ccc(Br)cc1Nc1cc(C(=O)O)cc(C)n1. The summed E-state index contributed by atoms with van der Waals surface area (Å²) in [5.74, 6) is 0.118. The van der Waals surface area contributed by atoms with Crippen molar-refractivity contribution in [2.45, 2.75) is 6.92 Å². The number of anilines is 2. The van der Waals surface area contributed by atoms with E-state index in [1.165, 1.54) is 12.1 Å². The number of ether oxygens (including phenoxy) is 1. The number of hydrogen-bond acceptors (Lipinski definition) is 4. The van der Waals surface area contributed by atoms with Gasteiger partial charge in [0.15, 0.2) is 0 Å². The topological polar surface area (TPSA) is 71.5 Å². The summed E-state index contributed by atoms with van der Waals surface area (Å²) in [5.41, 5.74) is 1.52. The van der Waals surface area contributed by atoms with E-state index in [2.05, 4.69) is 26.2 Å². The van der Waals surface area contributed by atoms with E-state index in [-0.39, 0.29) is 5.56 Å². The van der Waals surface area contributed by atoms with E-state index in [0.29, 0.717) is 22.9 Å². The number of aromatic nitrogens is 1. The molecule has 0 aliphatic heterocycles. The van der Waals surface area contributed by atoms with Crippen LogP contribution in [0.15, 0.2) is 34.8 Å². The molecule has 0 atom stereocenters. The van der Waals surface area contributed by atoms with Gasteiger partial charge in [0.25, 0.3) is 0 Å². The molecule has 0 saturated heterocycles. The van der Waals surface area contributed by atoms with Crippen molar-refractivity contribution in [2.24, 2.45) is 0 Å². The summed E-state index contributed by atoms with van der Waals surface area (Å²) in [6.45, 7) is 1.75. The van der Waals surface area contributed by atoms with Crippen molar-refractivity contribution in [3.8, 4) is 5.75 Å². The number of methoxy groups -OCH3 is 1. The standard InChI is InChI=1S/C14H13BrN2O3/c1-8-5-9(14(18)19)6-13(16-8)17-11-7-10(15)3-4-12(11)20-2/h3-7H,1-2H3,(H,16,17)(H,18,19). The van der Waals surface area contributed by atoms with Crippen molar-refractivity contribution in [1.29, 1.82) is 0 Å². The van der Waals surface area contributed by atoms with Gasteiger partial charge in [0.1, 0.15) is 11.6 Å². The second-order valence-electron chi connectivity index (χ2n) is 4.16. The Labute approximate surface area is 124 Å². The lowest BCUT2D eigenvalue weighted by Gasteiger charge is -2.12. The molecule has 0 amide bonds. The van der Waals surface area contributed by atoms with Gasteiger partial charge in [-0.2, -0.15) is 0 Å². The summed E-state index contributed by atoms with van der Waals surface area (Å²) in [5, 5.41) is 12.1. The predicted molar refractivity (Wildman–Crippen MR) is 79.9 cm³/mol. The van der Waals surface area contributed by atoms with E-state index < -0.39 is 5.97 Å². The molecule has 0 unspecified atom stereocenters. The van der Waals surface area contributed by atoms with Crippen LogP contribution in [0.25, 0.3) is 0 Å². The van der Waals surface area contributed by atoms with E-state index in [9.17, 15) is 4.79 Å². The quantitative estimate of drug-likeness (QED) is 0.892. The van der Waals surface area contributed by atoms with Crippen LogP contribution >= 0.6 is 15.9 Å². The smallest absolute Gasteiger partial charge is 0.335 e. The van der Waals surface area contributed by atoms with Crippen LogP contribution in [0.5, 0.6) is 5.75 Å². The highest BCUT2D eigenvalue weighted by Gasteiger charge is 2.09. The molecule has 0 aliphatic rings. The molecule has 2 N–H and O–H groups in total. The minimum Gasteiger partial charge on any atom is -0.495 e. The fourth-order valence-electron chi connectivity index (χ4n) is 1.77. The van der Waals surface area contributed by atoms with Crippen LogP contribution in [0.3, 0.4) is 0 Å². The van der Waals surface area contributed by atoms with Crippen LogP contribution in [0.2, 0.25) is 0 Å². The van der Waals surface area contributed by atoms with Gasteiger partial charge >= 0.3 is 5.97 Å². The molecular weight excluding hydrogens is 324 g/mol. The van der Waals surface area contributed by atoms with Crippen molar-refractivity contribution in [1.82, 2.24) is 4.98 Å². The van der Waals surface area contributed by atoms with Crippen molar-refractivity contribution < 1.29 is 14.6 Å². The molecule has 1 aromatic carbocycles. The monoisotopic (exact) mass is 336 g/mol. The molecule has 0 bridgehead atoms. The Balaban J connectivity index is 2.39. The van der Waals surface area contributed by atoms with Crippen molar-refractivity contribution in [3.05, 3.63) is 46.1 Å². The Hall–Kier alpha value is -2.08. The third kappa shape index (κ3) is 3.27. The molecule has 5 nitrogen and oxygen atoms in total. The molecule has 0 spiro atoms. The van der Waals surface area contributed by atoms with Gasteiger partial charge in [-0.15, -0.1) is 0 Å². The molecule has 0 aliphatic carbocycles. The zero-order valence-electron chi connectivity index (χ0n) is 11.0. The maximum Gasteiger partial charge on any atom is 0.335 e. The Kier molecular flexibility index (Phi) is 4.24. The number of carboxylic acids is 1. The fraction of sp³-hybridized carbons (Fsp3) is 0.143. The van der Waals surface area contributed by atoms with E-state index in [1.54, 1.807) is 20.1 Å². The zero-order valence-corrected chi connectivity index (χ0v) is 12.6. The van der Waals surface area contributed by atoms with Crippen LogP contribution in [-0.2, 0) is 0 Å². The number of pyridine rings is 1. The van der Waals surface area contributed by atoms with Gasteiger partial charge in [-0.3, -0.25) is 0 Å². The Bertz CT molecular complexity index is 659. The molecule has 1 heterocycles. The van der Waals surface area contributed by atoms with Crippen molar-refractivity contribution in [2.75, 3.05) is 12.4 Å². The molecule has 2 rings (SSSR count). The minimum absolute atomic E-state index is 0.189. The highest BCUT2D eigenvalue weighted by Crippen LogP contribution is 2.30. The third-order valence-corrected chi connectivity index (χ3v) is 3.12. The predicted octanol–water partition coefficient (Wildman–Crippen LogP) is 3.60. The average Bonchev–Trinajstić information content (AvgIpc) is 2.38. The lowest BCUT2D eigenvalue weighted by Crippen LogP contribution is -2.02. The first kappa shape index (κ1) is 14.3. The van der Waals surface area contributed by atoms with Crippen molar-refractivity contribution >= 4 is 33.4 Å². The summed E-state index contributed by atoms with van der Waals surface area (Å²) < 4.78 is 6.13. The summed E-state index contributed by atoms with van der Waals surface area (Å²) in [6.07, 6.45) is 0.